The fraction of sp³-hybridized carbons (Fsp3) is 0.308. The summed E-state index contributed by atoms with van der Waals surface area (Å²) in [6.07, 6.45) is 0. The first-order valence-electron chi connectivity index (χ1n) is 5.65. The highest BCUT2D eigenvalue weighted by Crippen LogP contribution is 2.33. The van der Waals surface area contributed by atoms with Crippen molar-refractivity contribution in [3.05, 3.63) is 29.3 Å². The minimum absolute atomic E-state index is 0.133. The van der Waals surface area contributed by atoms with Gasteiger partial charge in [-0.1, -0.05) is 0 Å². The van der Waals surface area contributed by atoms with Crippen molar-refractivity contribution >= 4 is 11.3 Å². The maximum atomic E-state index is 9.75. The number of phenols is 1. The molecule has 0 aliphatic rings. The number of ether oxygens (including phenoxy) is 1. The molecule has 0 bridgehead atoms. The Balaban J connectivity index is 2.31. The van der Waals surface area contributed by atoms with Crippen LogP contribution in [0.5, 0.6) is 11.5 Å². The molecule has 1 aromatic heterocycles. The topological polar surface area (TPSA) is 54.4 Å². The van der Waals surface area contributed by atoms with E-state index in [0.29, 0.717) is 5.75 Å². The Morgan fingerprint density at radius 1 is 1.44 bits per heavy atom. The Morgan fingerprint density at radius 3 is 2.83 bits per heavy atom. The Kier molecular flexibility index (Phi) is 3.84. The van der Waals surface area contributed by atoms with E-state index in [4.69, 9.17) is 4.74 Å². The number of aromatic nitrogens is 1. The van der Waals surface area contributed by atoms with Gasteiger partial charge in [0.2, 0.25) is 0 Å². The molecule has 4 nitrogen and oxygen atoms in total. The Labute approximate surface area is 110 Å². The maximum absolute atomic E-state index is 9.75. The molecule has 18 heavy (non-hydrogen) atoms. The van der Waals surface area contributed by atoms with Crippen LogP contribution in [0, 0.1) is 0 Å². The van der Waals surface area contributed by atoms with Crippen LogP contribution in [0.3, 0.4) is 0 Å². The van der Waals surface area contributed by atoms with E-state index in [1.54, 1.807) is 23.5 Å². The van der Waals surface area contributed by atoms with Crippen molar-refractivity contribution in [3.63, 3.8) is 0 Å². The van der Waals surface area contributed by atoms with Crippen LogP contribution in [0.25, 0.3) is 10.6 Å². The highest BCUT2D eigenvalue weighted by molar-refractivity contribution is 7.13. The summed E-state index contributed by atoms with van der Waals surface area (Å²) in [6.45, 7) is 2.06. The van der Waals surface area contributed by atoms with Crippen molar-refractivity contribution < 1.29 is 9.84 Å². The quantitative estimate of drug-likeness (QED) is 0.891. The molecule has 0 aliphatic heterocycles. The number of methoxy groups -OCH3 is 1. The van der Waals surface area contributed by atoms with Gasteiger partial charge in [-0.25, -0.2) is 4.98 Å². The largest absolute Gasteiger partial charge is 0.504 e. The van der Waals surface area contributed by atoms with Crippen LogP contribution < -0.4 is 10.1 Å². The first-order valence-corrected chi connectivity index (χ1v) is 6.53. The minimum Gasteiger partial charge on any atom is -0.504 e. The van der Waals surface area contributed by atoms with Crippen LogP contribution in [0.15, 0.2) is 23.6 Å². The van der Waals surface area contributed by atoms with E-state index in [2.05, 4.69) is 17.2 Å². The third-order valence-electron chi connectivity index (χ3n) is 2.82. The number of rotatable bonds is 4. The van der Waals surface area contributed by atoms with Crippen molar-refractivity contribution in [3.8, 4) is 22.1 Å². The van der Waals surface area contributed by atoms with Gasteiger partial charge in [0.25, 0.3) is 0 Å². The maximum Gasteiger partial charge on any atom is 0.160 e. The molecule has 0 radical (unpaired) electrons. The van der Waals surface area contributed by atoms with E-state index < -0.39 is 0 Å². The summed E-state index contributed by atoms with van der Waals surface area (Å²) in [7, 11) is 3.44. The molecule has 1 unspecified atom stereocenters. The van der Waals surface area contributed by atoms with Gasteiger partial charge in [0, 0.05) is 17.0 Å². The van der Waals surface area contributed by atoms with Crippen molar-refractivity contribution in [2.24, 2.45) is 0 Å². The molecule has 0 aliphatic carbocycles. The van der Waals surface area contributed by atoms with E-state index in [-0.39, 0.29) is 11.8 Å². The van der Waals surface area contributed by atoms with Crippen LogP contribution in [-0.4, -0.2) is 24.2 Å². The van der Waals surface area contributed by atoms with Crippen LogP contribution in [0.2, 0.25) is 0 Å². The summed E-state index contributed by atoms with van der Waals surface area (Å²) in [6, 6.07) is 5.53. The van der Waals surface area contributed by atoms with Crippen molar-refractivity contribution in [1.29, 1.82) is 0 Å². The first kappa shape index (κ1) is 12.9. The van der Waals surface area contributed by atoms with Gasteiger partial charge in [0.15, 0.2) is 11.5 Å². The van der Waals surface area contributed by atoms with Gasteiger partial charge in [-0.2, -0.15) is 0 Å². The normalized spacial score (nSPS) is 12.4. The molecular weight excluding hydrogens is 248 g/mol. The molecule has 2 rings (SSSR count). The summed E-state index contributed by atoms with van der Waals surface area (Å²) < 4.78 is 5.02. The average Bonchev–Trinajstić information content (AvgIpc) is 2.87. The third-order valence-corrected chi connectivity index (χ3v) is 3.73. The molecule has 0 fully saturated rings. The molecule has 5 heteroatoms. The first-order chi connectivity index (χ1) is 8.65. The number of thiazole rings is 1. The van der Waals surface area contributed by atoms with E-state index in [1.807, 2.05) is 18.5 Å². The van der Waals surface area contributed by atoms with Gasteiger partial charge in [0.05, 0.1) is 12.8 Å². The molecule has 96 valence electrons. The summed E-state index contributed by atoms with van der Waals surface area (Å²) in [5.74, 6) is 0.604. The number of aromatic hydroxyl groups is 1. The van der Waals surface area contributed by atoms with E-state index >= 15 is 0 Å². The second kappa shape index (κ2) is 5.37. The van der Waals surface area contributed by atoms with Gasteiger partial charge in [-0.05, 0) is 32.2 Å². The van der Waals surface area contributed by atoms with Crippen molar-refractivity contribution in [1.82, 2.24) is 10.3 Å². The average molecular weight is 264 g/mol. The molecule has 2 N–H and O–H groups in total. The van der Waals surface area contributed by atoms with Gasteiger partial charge >= 0.3 is 0 Å². The summed E-state index contributed by atoms with van der Waals surface area (Å²) in [5.41, 5.74) is 1.90. The zero-order valence-electron chi connectivity index (χ0n) is 10.6. The number of benzene rings is 1. The number of hydrogen-bond acceptors (Lipinski definition) is 5. The standard InChI is InChI=1S/C13H16N2O2S/c1-8(14-2)10-7-18-13(15-10)9-4-5-12(17-3)11(16)6-9/h4-8,14,16H,1-3H3. The Bertz CT molecular complexity index is 540. The molecule has 1 heterocycles. The molecule has 0 saturated carbocycles. The lowest BCUT2D eigenvalue weighted by molar-refractivity contribution is 0.373. The van der Waals surface area contributed by atoms with Crippen LogP contribution in [0.1, 0.15) is 18.7 Å². The highest BCUT2D eigenvalue weighted by atomic mass is 32.1. The Hall–Kier alpha value is -1.59. The number of nitrogens with zero attached hydrogens (tertiary/aromatic N) is 1. The number of hydrogen-bond donors (Lipinski definition) is 2. The Morgan fingerprint density at radius 2 is 2.22 bits per heavy atom. The van der Waals surface area contributed by atoms with Gasteiger partial charge in [0.1, 0.15) is 5.01 Å². The summed E-state index contributed by atoms with van der Waals surface area (Å²) in [4.78, 5) is 4.55. The molecule has 1 aromatic carbocycles. The summed E-state index contributed by atoms with van der Waals surface area (Å²) >= 11 is 1.57. The summed E-state index contributed by atoms with van der Waals surface area (Å²) in [5, 5.41) is 15.8. The smallest absolute Gasteiger partial charge is 0.160 e. The van der Waals surface area contributed by atoms with Gasteiger partial charge in [-0.3, -0.25) is 0 Å². The van der Waals surface area contributed by atoms with Crippen LogP contribution >= 0.6 is 11.3 Å². The second-order valence-corrected chi connectivity index (χ2v) is 4.83. The molecule has 1 atom stereocenters. The lowest BCUT2D eigenvalue weighted by Gasteiger charge is -2.06. The van der Waals surface area contributed by atoms with E-state index in [0.717, 1.165) is 16.3 Å². The predicted molar refractivity (Wildman–Crippen MR) is 73.2 cm³/mol. The fourth-order valence-electron chi connectivity index (χ4n) is 1.59. The molecule has 0 saturated heterocycles. The lowest BCUT2D eigenvalue weighted by atomic mass is 10.2. The van der Waals surface area contributed by atoms with Crippen LogP contribution in [0.4, 0.5) is 0 Å². The van der Waals surface area contributed by atoms with E-state index in [9.17, 15) is 5.11 Å². The minimum atomic E-state index is 0.133. The predicted octanol–water partition coefficient (Wildman–Crippen LogP) is 2.80. The number of phenolic OH excluding ortho intramolecular Hbond substituents is 1. The van der Waals surface area contributed by atoms with Gasteiger partial charge < -0.3 is 15.2 Å². The zero-order valence-corrected chi connectivity index (χ0v) is 11.4. The molecule has 0 spiro atoms. The molecule has 0 amide bonds. The monoisotopic (exact) mass is 264 g/mol. The second-order valence-electron chi connectivity index (χ2n) is 3.97. The van der Waals surface area contributed by atoms with Gasteiger partial charge in [-0.15, -0.1) is 11.3 Å². The van der Waals surface area contributed by atoms with E-state index in [1.165, 1.54) is 7.11 Å². The number of nitrogens with one attached hydrogen (secondary N) is 1. The zero-order chi connectivity index (χ0) is 13.1. The lowest BCUT2D eigenvalue weighted by Crippen LogP contribution is -2.12. The fourth-order valence-corrected chi connectivity index (χ4v) is 2.50. The SMILES string of the molecule is CNC(C)c1csc(-c2ccc(OC)c(O)c2)n1. The third kappa shape index (κ3) is 2.47. The van der Waals surface area contributed by atoms with Crippen molar-refractivity contribution in [2.75, 3.05) is 14.2 Å². The highest BCUT2D eigenvalue weighted by Gasteiger charge is 2.11. The molecule has 2 aromatic rings. The van der Waals surface area contributed by atoms with Crippen molar-refractivity contribution in [2.45, 2.75) is 13.0 Å². The molecular formula is C13H16N2O2S. The van der Waals surface area contributed by atoms with Crippen LogP contribution in [-0.2, 0) is 0 Å².